The van der Waals surface area contributed by atoms with E-state index in [1.54, 1.807) is 54.7 Å². The number of aryl methyl sites for hydroxylation is 2. The number of nitrogens with one attached hydrogen (secondary N) is 1. The Hall–Kier alpha value is -3.71. The molecule has 156 valence electrons. The van der Waals surface area contributed by atoms with E-state index in [2.05, 4.69) is 14.7 Å². The van der Waals surface area contributed by atoms with Crippen LogP contribution in [0.25, 0.3) is 10.9 Å². The summed E-state index contributed by atoms with van der Waals surface area (Å²) in [5.41, 5.74) is 3.67. The molecule has 0 amide bonds. The summed E-state index contributed by atoms with van der Waals surface area (Å²) >= 11 is 0. The van der Waals surface area contributed by atoms with Gasteiger partial charge >= 0.3 is 0 Å². The van der Waals surface area contributed by atoms with Crippen molar-refractivity contribution in [2.45, 2.75) is 18.7 Å². The molecule has 0 radical (unpaired) electrons. The SMILES string of the molecule is Cc1ccc(C)c(N=C([O-])c2ccc(NS(=O)(=O)c3cccc4cccnc34)cc2)c1. The Kier molecular flexibility index (Phi) is 5.44. The van der Waals surface area contributed by atoms with E-state index in [1.165, 1.54) is 6.07 Å². The van der Waals surface area contributed by atoms with E-state index in [0.717, 1.165) is 16.5 Å². The minimum Gasteiger partial charge on any atom is -0.858 e. The fourth-order valence-corrected chi connectivity index (χ4v) is 4.44. The van der Waals surface area contributed by atoms with Crippen molar-refractivity contribution in [2.75, 3.05) is 4.72 Å². The highest BCUT2D eigenvalue weighted by Gasteiger charge is 2.18. The molecule has 0 bridgehead atoms. The van der Waals surface area contributed by atoms with Gasteiger partial charge in [-0.1, -0.05) is 42.5 Å². The average molecular weight is 431 g/mol. The van der Waals surface area contributed by atoms with E-state index in [4.69, 9.17) is 0 Å². The lowest BCUT2D eigenvalue weighted by molar-refractivity contribution is -0.212. The third-order valence-corrected chi connectivity index (χ3v) is 6.27. The average Bonchev–Trinajstić information content (AvgIpc) is 2.76. The maximum absolute atomic E-state index is 12.9. The smallest absolute Gasteiger partial charge is 0.264 e. The van der Waals surface area contributed by atoms with E-state index in [-0.39, 0.29) is 10.8 Å². The fraction of sp³-hybridized carbons (Fsp3) is 0.0833. The third kappa shape index (κ3) is 4.41. The molecule has 4 aromatic rings. The molecule has 0 aliphatic carbocycles. The first-order valence-corrected chi connectivity index (χ1v) is 11.1. The molecular formula is C24H20N3O3S-. The van der Waals surface area contributed by atoms with Gasteiger partial charge in [-0.3, -0.25) is 14.7 Å². The number of aliphatic imine (C=N–C) groups is 1. The molecule has 1 aromatic heterocycles. The van der Waals surface area contributed by atoms with Gasteiger partial charge < -0.3 is 5.11 Å². The Morgan fingerprint density at radius 3 is 2.48 bits per heavy atom. The summed E-state index contributed by atoms with van der Waals surface area (Å²) < 4.78 is 28.4. The predicted octanol–water partition coefficient (Wildman–Crippen LogP) is 4.09. The molecule has 6 nitrogen and oxygen atoms in total. The standard InChI is InChI=1S/C24H21N3O3S/c1-16-8-9-17(2)21(15-16)26-24(28)19-10-12-20(13-11-19)27-31(29,30)22-7-3-5-18-6-4-14-25-23(18)22/h3-15,27H,1-2H3,(H,26,28)/p-1. The van der Waals surface area contributed by atoms with Crippen molar-refractivity contribution >= 4 is 38.2 Å². The molecule has 3 aromatic carbocycles. The van der Waals surface area contributed by atoms with E-state index in [9.17, 15) is 13.5 Å². The zero-order chi connectivity index (χ0) is 22.0. The molecule has 0 saturated carbocycles. The van der Waals surface area contributed by atoms with Crippen LogP contribution in [0.4, 0.5) is 11.4 Å². The summed E-state index contributed by atoms with van der Waals surface area (Å²) in [6.07, 6.45) is 1.56. The number of benzene rings is 3. The van der Waals surface area contributed by atoms with E-state index < -0.39 is 10.0 Å². The first kappa shape index (κ1) is 20.6. The van der Waals surface area contributed by atoms with E-state index in [1.807, 2.05) is 32.0 Å². The van der Waals surface area contributed by atoms with Gasteiger partial charge in [-0.05, 0) is 66.8 Å². The molecule has 0 saturated heterocycles. The zero-order valence-electron chi connectivity index (χ0n) is 17.0. The van der Waals surface area contributed by atoms with Gasteiger partial charge in [0.15, 0.2) is 0 Å². The molecule has 0 unspecified atom stereocenters. The second-order valence-corrected chi connectivity index (χ2v) is 8.87. The molecule has 4 rings (SSSR count). The molecule has 7 heteroatoms. The van der Waals surface area contributed by atoms with Crippen LogP contribution in [0, 0.1) is 13.8 Å². The highest BCUT2D eigenvalue weighted by atomic mass is 32.2. The Labute approximate surface area is 181 Å². The monoisotopic (exact) mass is 430 g/mol. The number of hydrogen-bond acceptors (Lipinski definition) is 5. The van der Waals surface area contributed by atoms with Crippen molar-refractivity contribution in [1.29, 1.82) is 0 Å². The second kappa shape index (κ2) is 8.20. The van der Waals surface area contributed by atoms with Gasteiger partial charge in [0.25, 0.3) is 10.0 Å². The van der Waals surface area contributed by atoms with Crippen LogP contribution < -0.4 is 9.83 Å². The highest BCUT2D eigenvalue weighted by molar-refractivity contribution is 7.93. The normalized spacial score (nSPS) is 12.1. The molecule has 1 heterocycles. The number of pyridine rings is 1. The summed E-state index contributed by atoms with van der Waals surface area (Å²) in [5, 5.41) is 13.3. The van der Waals surface area contributed by atoms with Crippen molar-refractivity contribution in [3.05, 3.63) is 95.7 Å². The van der Waals surface area contributed by atoms with Crippen molar-refractivity contribution < 1.29 is 13.5 Å². The molecule has 0 aliphatic heterocycles. The van der Waals surface area contributed by atoms with E-state index >= 15 is 0 Å². The molecular weight excluding hydrogens is 410 g/mol. The number of rotatable bonds is 5. The van der Waals surface area contributed by atoms with Crippen LogP contribution in [0.2, 0.25) is 0 Å². The highest BCUT2D eigenvalue weighted by Crippen LogP contribution is 2.24. The van der Waals surface area contributed by atoms with E-state index in [0.29, 0.717) is 22.5 Å². The van der Waals surface area contributed by atoms with Gasteiger partial charge in [-0.25, -0.2) is 8.42 Å². The van der Waals surface area contributed by atoms with Crippen molar-refractivity contribution in [1.82, 2.24) is 4.98 Å². The number of anilines is 1. The topological polar surface area (TPSA) is 94.5 Å². The van der Waals surface area contributed by atoms with Crippen LogP contribution >= 0.6 is 0 Å². The van der Waals surface area contributed by atoms with Gasteiger partial charge in [0.1, 0.15) is 4.90 Å². The Bertz CT molecular complexity index is 1390. The summed E-state index contributed by atoms with van der Waals surface area (Å²) in [6, 6.07) is 20.5. The zero-order valence-corrected chi connectivity index (χ0v) is 17.8. The molecule has 0 atom stereocenters. The summed E-state index contributed by atoms with van der Waals surface area (Å²) in [4.78, 5) is 8.49. The van der Waals surface area contributed by atoms with Gasteiger partial charge in [-0.2, -0.15) is 0 Å². The van der Waals surface area contributed by atoms with Crippen LogP contribution in [0.15, 0.2) is 88.9 Å². The third-order valence-electron chi connectivity index (χ3n) is 4.86. The lowest BCUT2D eigenvalue weighted by Crippen LogP contribution is -2.18. The number of nitrogens with zero attached hydrogens (tertiary/aromatic N) is 2. The van der Waals surface area contributed by atoms with Crippen molar-refractivity contribution in [2.24, 2.45) is 4.99 Å². The van der Waals surface area contributed by atoms with Crippen LogP contribution in [0.1, 0.15) is 16.7 Å². The minimum atomic E-state index is -3.85. The summed E-state index contributed by atoms with van der Waals surface area (Å²) in [5.74, 6) is -0.388. The second-order valence-electron chi connectivity index (χ2n) is 7.22. The predicted molar refractivity (Wildman–Crippen MR) is 121 cm³/mol. The van der Waals surface area contributed by atoms with Crippen LogP contribution in [-0.4, -0.2) is 19.3 Å². The van der Waals surface area contributed by atoms with Crippen LogP contribution in [-0.2, 0) is 10.0 Å². The lowest BCUT2D eigenvalue weighted by atomic mass is 10.1. The minimum absolute atomic E-state index is 0.0932. The van der Waals surface area contributed by atoms with Crippen molar-refractivity contribution in [3.8, 4) is 0 Å². The Morgan fingerprint density at radius 2 is 1.71 bits per heavy atom. The summed E-state index contributed by atoms with van der Waals surface area (Å²) in [6.45, 7) is 3.83. The molecule has 31 heavy (non-hydrogen) atoms. The molecule has 1 N–H and O–H groups in total. The van der Waals surface area contributed by atoms with Gasteiger partial charge in [0, 0.05) is 17.3 Å². The first-order valence-electron chi connectivity index (χ1n) is 9.63. The van der Waals surface area contributed by atoms with Crippen molar-refractivity contribution in [3.63, 3.8) is 0 Å². The van der Waals surface area contributed by atoms with Crippen LogP contribution in [0.5, 0.6) is 0 Å². The molecule has 0 fully saturated rings. The quantitative estimate of drug-likeness (QED) is 0.381. The largest absolute Gasteiger partial charge is 0.858 e. The maximum Gasteiger partial charge on any atom is 0.264 e. The number of para-hydroxylation sites is 1. The molecule has 0 aliphatic rings. The van der Waals surface area contributed by atoms with Gasteiger partial charge in [0.2, 0.25) is 0 Å². The fourth-order valence-electron chi connectivity index (χ4n) is 3.20. The lowest BCUT2D eigenvalue weighted by Gasteiger charge is -2.14. The Morgan fingerprint density at radius 1 is 0.968 bits per heavy atom. The van der Waals surface area contributed by atoms with Gasteiger partial charge in [-0.15, -0.1) is 0 Å². The number of sulfonamides is 1. The maximum atomic E-state index is 12.9. The first-order chi connectivity index (χ1) is 14.8. The Balaban J connectivity index is 1.59. The molecule has 0 spiro atoms. The van der Waals surface area contributed by atoms with Crippen LogP contribution in [0.3, 0.4) is 0 Å². The number of hydrogen-bond donors (Lipinski definition) is 1. The van der Waals surface area contributed by atoms with Gasteiger partial charge in [0.05, 0.1) is 11.2 Å². The number of fused-ring (bicyclic) bond motifs is 1. The summed E-state index contributed by atoms with van der Waals surface area (Å²) in [7, 11) is -3.85. The number of aromatic nitrogens is 1.